The van der Waals surface area contributed by atoms with Crippen molar-refractivity contribution in [1.82, 2.24) is 5.32 Å². The van der Waals surface area contributed by atoms with Crippen molar-refractivity contribution in [3.05, 3.63) is 58.5 Å². The van der Waals surface area contributed by atoms with Gasteiger partial charge >= 0.3 is 5.97 Å². The number of benzene rings is 2. The molecular weight excluding hydrogens is 380 g/mol. The van der Waals surface area contributed by atoms with Crippen molar-refractivity contribution in [2.24, 2.45) is 4.99 Å². The molecule has 0 radical (unpaired) electrons. The Hall–Kier alpha value is -3.26. The van der Waals surface area contributed by atoms with E-state index < -0.39 is 5.97 Å². The van der Waals surface area contributed by atoms with Crippen LogP contribution in [0.5, 0.6) is 11.5 Å². The lowest BCUT2D eigenvalue weighted by Gasteiger charge is -2.07. The number of aliphatic imine (C=N–C) groups is 1. The first-order valence-corrected chi connectivity index (χ1v) is 9.37. The second-order valence-corrected chi connectivity index (χ2v) is 6.91. The number of amidine groups is 1. The zero-order valence-electron chi connectivity index (χ0n) is 15.0. The molecule has 1 amide bonds. The Morgan fingerprint density at radius 2 is 2.07 bits per heavy atom. The third-order valence-corrected chi connectivity index (χ3v) is 4.67. The predicted molar refractivity (Wildman–Crippen MR) is 108 cm³/mol. The number of hydrogen-bond donors (Lipinski definition) is 3. The molecule has 7 nitrogen and oxygen atoms in total. The van der Waals surface area contributed by atoms with Gasteiger partial charge in [0.05, 0.1) is 17.2 Å². The Kier molecular flexibility index (Phi) is 6.00. The Balaban J connectivity index is 1.84. The molecule has 0 saturated carbocycles. The molecule has 3 rings (SSSR count). The van der Waals surface area contributed by atoms with Crippen LogP contribution in [0.15, 0.2) is 52.4 Å². The summed E-state index contributed by atoms with van der Waals surface area (Å²) in [7, 11) is 0. The fraction of sp³-hybridized carbons (Fsp3) is 0.150. The summed E-state index contributed by atoms with van der Waals surface area (Å²) < 4.78 is 5.71. The van der Waals surface area contributed by atoms with Crippen LogP contribution in [0.3, 0.4) is 0 Å². The number of carbonyl (C=O) groups is 2. The number of aromatic carboxylic acids is 1. The Bertz CT molecular complexity index is 984. The molecule has 0 unspecified atom stereocenters. The average molecular weight is 398 g/mol. The molecule has 1 aliphatic rings. The van der Waals surface area contributed by atoms with Crippen molar-refractivity contribution in [2.75, 3.05) is 6.61 Å². The van der Waals surface area contributed by atoms with E-state index in [1.807, 2.05) is 31.2 Å². The van der Waals surface area contributed by atoms with Crippen molar-refractivity contribution >= 4 is 40.6 Å². The summed E-state index contributed by atoms with van der Waals surface area (Å²) in [6.45, 7) is 2.60. The first-order chi connectivity index (χ1) is 13.5. The van der Waals surface area contributed by atoms with Crippen molar-refractivity contribution < 1.29 is 24.5 Å². The lowest BCUT2D eigenvalue weighted by Crippen LogP contribution is -2.19. The second kappa shape index (κ2) is 8.62. The molecule has 0 spiro atoms. The highest BCUT2D eigenvalue weighted by atomic mass is 32.2. The van der Waals surface area contributed by atoms with E-state index in [1.54, 1.807) is 6.08 Å². The van der Waals surface area contributed by atoms with Gasteiger partial charge in [-0.3, -0.25) is 4.79 Å². The van der Waals surface area contributed by atoms with Crippen LogP contribution >= 0.6 is 11.8 Å². The largest absolute Gasteiger partial charge is 0.507 e. The topological polar surface area (TPSA) is 108 Å². The number of rotatable bonds is 6. The van der Waals surface area contributed by atoms with Crippen LogP contribution in [0.1, 0.15) is 29.3 Å². The molecular formula is C20H18N2O5S. The Morgan fingerprint density at radius 1 is 1.29 bits per heavy atom. The molecule has 144 valence electrons. The fourth-order valence-corrected chi connectivity index (χ4v) is 3.28. The average Bonchev–Trinajstić information content (AvgIpc) is 3.01. The van der Waals surface area contributed by atoms with Gasteiger partial charge in [-0.05, 0) is 48.5 Å². The lowest BCUT2D eigenvalue weighted by atomic mass is 10.2. The summed E-state index contributed by atoms with van der Waals surface area (Å²) in [5.41, 5.74) is 0.840. The van der Waals surface area contributed by atoms with Crippen molar-refractivity contribution in [2.45, 2.75) is 13.3 Å². The van der Waals surface area contributed by atoms with Gasteiger partial charge < -0.3 is 20.3 Å². The zero-order chi connectivity index (χ0) is 20.1. The van der Waals surface area contributed by atoms with E-state index in [0.717, 1.165) is 23.7 Å². The summed E-state index contributed by atoms with van der Waals surface area (Å²) in [6.07, 6.45) is 2.61. The molecule has 8 heteroatoms. The monoisotopic (exact) mass is 398 g/mol. The number of nitrogens with zero attached hydrogens (tertiary/aromatic N) is 1. The normalized spacial score (nSPS) is 16.4. The number of para-hydroxylation sites is 1. The molecule has 2 aromatic carbocycles. The molecule has 0 aliphatic carbocycles. The number of nitrogens with one attached hydrogen (secondary N) is 1. The van der Waals surface area contributed by atoms with Crippen LogP contribution < -0.4 is 10.1 Å². The fourth-order valence-electron chi connectivity index (χ4n) is 2.45. The maximum absolute atomic E-state index is 12.3. The van der Waals surface area contributed by atoms with E-state index in [9.17, 15) is 14.7 Å². The molecule has 3 N–H and O–H groups in total. The lowest BCUT2D eigenvalue weighted by molar-refractivity contribution is -0.115. The van der Waals surface area contributed by atoms with Crippen LogP contribution in [-0.4, -0.2) is 33.9 Å². The van der Waals surface area contributed by atoms with Gasteiger partial charge in [0.2, 0.25) is 0 Å². The third-order valence-electron chi connectivity index (χ3n) is 3.76. The molecule has 1 heterocycles. The van der Waals surface area contributed by atoms with E-state index in [4.69, 9.17) is 9.84 Å². The van der Waals surface area contributed by atoms with E-state index >= 15 is 0 Å². The highest BCUT2D eigenvalue weighted by Crippen LogP contribution is 2.31. The standard InChI is InChI=1S/C20H18N2O5S/c1-2-9-27-16-6-4-3-5-12(16)10-17-18(24)22-20(28-17)21-13-7-8-15(23)14(11-13)19(25)26/h3-8,10-11,23H,2,9H2,1H3,(H,25,26)(H,21,22,24)/b17-10-. The third kappa shape index (κ3) is 4.52. The van der Waals surface area contributed by atoms with E-state index in [-0.39, 0.29) is 17.2 Å². The van der Waals surface area contributed by atoms with Crippen LogP contribution in [-0.2, 0) is 4.79 Å². The molecule has 0 atom stereocenters. The summed E-state index contributed by atoms with van der Waals surface area (Å²) in [6, 6.07) is 11.4. The second-order valence-electron chi connectivity index (χ2n) is 5.87. The molecule has 28 heavy (non-hydrogen) atoms. The van der Waals surface area contributed by atoms with Gasteiger partial charge in [-0.1, -0.05) is 25.1 Å². The molecule has 0 bridgehead atoms. The number of carboxylic acid groups (broad SMARTS) is 1. The first-order valence-electron chi connectivity index (χ1n) is 8.55. The van der Waals surface area contributed by atoms with E-state index in [2.05, 4.69) is 10.3 Å². The van der Waals surface area contributed by atoms with Crippen molar-refractivity contribution in [1.29, 1.82) is 0 Å². The van der Waals surface area contributed by atoms with Gasteiger partial charge in [-0.15, -0.1) is 0 Å². The number of carboxylic acids is 1. The zero-order valence-corrected chi connectivity index (χ0v) is 15.8. The molecule has 1 fully saturated rings. The van der Waals surface area contributed by atoms with Crippen LogP contribution in [0.2, 0.25) is 0 Å². The molecule has 0 aromatic heterocycles. The predicted octanol–water partition coefficient (Wildman–Crippen LogP) is 3.77. The summed E-state index contributed by atoms with van der Waals surface area (Å²) in [4.78, 5) is 28.1. The highest BCUT2D eigenvalue weighted by Gasteiger charge is 2.24. The van der Waals surface area contributed by atoms with Gasteiger partial charge in [0.15, 0.2) is 5.17 Å². The minimum Gasteiger partial charge on any atom is -0.507 e. The first kappa shape index (κ1) is 19.5. The highest BCUT2D eigenvalue weighted by molar-refractivity contribution is 8.18. The van der Waals surface area contributed by atoms with Crippen LogP contribution in [0.4, 0.5) is 5.69 Å². The van der Waals surface area contributed by atoms with Gasteiger partial charge in [0.25, 0.3) is 5.91 Å². The molecule has 1 aliphatic heterocycles. The van der Waals surface area contributed by atoms with Gasteiger partial charge in [-0.2, -0.15) is 0 Å². The number of phenols is 1. The van der Waals surface area contributed by atoms with Crippen LogP contribution in [0, 0.1) is 0 Å². The smallest absolute Gasteiger partial charge is 0.339 e. The van der Waals surface area contributed by atoms with Crippen molar-refractivity contribution in [3.63, 3.8) is 0 Å². The van der Waals surface area contributed by atoms with Gasteiger partial charge in [0.1, 0.15) is 17.1 Å². The number of thioether (sulfide) groups is 1. The minimum atomic E-state index is -1.26. The minimum absolute atomic E-state index is 0.256. The quantitative estimate of drug-likeness (QED) is 0.639. The molecule has 2 aromatic rings. The number of ether oxygens (including phenoxy) is 1. The summed E-state index contributed by atoms with van der Waals surface area (Å²) in [5, 5.41) is 21.6. The summed E-state index contributed by atoms with van der Waals surface area (Å²) >= 11 is 1.14. The number of amides is 1. The number of carbonyl (C=O) groups excluding carboxylic acids is 1. The van der Waals surface area contributed by atoms with Gasteiger partial charge in [-0.25, -0.2) is 9.79 Å². The maximum Gasteiger partial charge on any atom is 0.339 e. The van der Waals surface area contributed by atoms with E-state index in [0.29, 0.717) is 28.1 Å². The SMILES string of the molecule is CCCOc1ccccc1/C=C1\SC(=Nc2ccc(O)c(C(=O)O)c2)NC1=O. The summed E-state index contributed by atoms with van der Waals surface area (Å²) in [5.74, 6) is -1.21. The Morgan fingerprint density at radius 3 is 2.82 bits per heavy atom. The maximum atomic E-state index is 12.3. The van der Waals surface area contributed by atoms with E-state index in [1.165, 1.54) is 18.2 Å². The Labute approximate surface area is 165 Å². The van der Waals surface area contributed by atoms with Crippen molar-refractivity contribution in [3.8, 4) is 11.5 Å². The van der Waals surface area contributed by atoms with Crippen LogP contribution in [0.25, 0.3) is 6.08 Å². The number of hydrogen-bond acceptors (Lipinski definition) is 6. The van der Waals surface area contributed by atoms with Gasteiger partial charge in [0, 0.05) is 5.56 Å². The molecule has 1 saturated heterocycles. The number of aromatic hydroxyl groups is 1.